The maximum absolute atomic E-state index is 13.0. The van der Waals surface area contributed by atoms with E-state index in [1.807, 2.05) is 30.9 Å². The average molecular weight is 602 g/mol. The molecule has 0 spiro atoms. The third-order valence-corrected chi connectivity index (χ3v) is 13.4. The molecule has 1 amide bonds. The van der Waals surface area contributed by atoms with Gasteiger partial charge in [-0.15, -0.1) is 0 Å². The van der Waals surface area contributed by atoms with Crippen LogP contribution in [0, 0.1) is 11.3 Å². The molecule has 2 aromatic carbocycles. The van der Waals surface area contributed by atoms with E-state index in [9.17, 15) is 10.1 Å². The Balaban J connectivity index is 1.18. The van der Waals surface area contributed by atoms with E-state index in [0.29, 0.717) is 48.2 Å². The lowest BCUT2D eigenvalue weighted by molar-refractivity contribution is -0.141. The Morgan fingerprint density at radius 1 is 1.09 bits per heavy atom. The quantitative estimate of drug-likeness (QED) is 0.303. The van der Waals surface area contributed by atoms with Crippen LogP contribution < -0.4 is 4.74 Å². The summed E-state index contributed by atoms with van der Waals surface area (Å²) < 4.78 is 17.8. The maximum Gasteiger partial charge on any atom is 0.258 e. The number of ether oxygens (including phenoxy) is 1. The summed E-state index contributed by atoms with van der Waals surface area (Å²) in [6.07, 6.45) is 1.86. The second kappa shape index (κ2) is 12.2. The molecular weight excluding hydrogens is 558 g/mol. The van der Waals surface area contributed by atoms with Crippen LogP contribution in [0.25, 0.3) is 22.8 Å². The zero-order valence-electron chi connectivity index (χ0n) is 26.4. The first-order chi connectivity index (χ1) is 20.3. The molecule has 2 aliphatic heterocycles. The van der Waals surface area contributed by atoms with Crippen LogP contribution in [0.5, 0.6) is 5.75 Å². The van der Waals surface area contributed by atoms with Gasteiger partial charge in [-0.3, -0.25) is 9.69 Å². The fraction of sp³-hybridized carbons (Fsp3) is 0.515. The van der Waals surface area contributed by atoms with Crippen molar-refractivity contribution in [3.05, 3.63) is 53.1 Å². The standard InChI is InChI=1S/C33H43N5O4Si/c1-22(2)40-29-11-10-26(17-27(29)18-34)32-35-31(36-41-32)25-9-8-23-12-14-37(15-13-24(23)16-25)21-30(39)38-19-28(20-38)42-43(6,7)33(3,4)5/h8-11,16-17,22,28H,12-15,19-21H2,1-7H3. The average Bonchev–Trinajstić information content (AvgIpc) is 3.33. The first kappa shape index (κ1) is 30.9. The van der Waals surface area contributed by atoms with E-state index < -0.39 is 8.32 Å². The maximum atomic E-state index is 13.0. The van der Waals surface area contributed by atoms with Crippen molar-refractivity contribution in [3.8, 4) is 34.7 Å². The van der Waals surface area contributed by atoms with Crippen LogP contribution in [-0.4, -0.2) is 79.1 Å². The van der Waals surface area contributed by atoms with E-state index in [-0.39, 0.29) is 23.2 Å². The summed E-state index contributed by atoms with van der Waals surface area (Å²) in [4.78, 5) is 21.9. The number of hydrogen-bond acceptors (Lipinski definition) is 8. The Labute approximate surface area is 255 Å². The molecule has 1 fully saturated rings. The van der Waals surface area contributed by atoms with Crippen LogP contribution in [0.15, 0.2) is 40.9 Å². The Hall–Kier alpha value is -3.52. The van der Waals surface area contributed by atoms with Gasteiger partial charge >= 0.3 is 0 Å². The van der Waals surface area contributed by atoms with Crippen LogP contribution >= 0.6 is 0 Å². The van der Waals surface area contributed by atoms with Crippen molar-refractivity contribution in [3.63, 3.8) is 0 Å². The molecule has 10 heteroatoms. The molecule has 0 radical (unpaired) electrons. The minimum absolute atomic E-state index is 0.0328. The lowest BCUT2D eigenvalue weighted by Crippen LogP contribution is -2.60. The molecule has 9 nitrogen and oxygen atoms in total. The molecule has 0 aliphatic carbocycles. The summed E-state index contributed by atoms with van der Waals surface area (Å²) in [6.45, 7) is 18.6. The molecule has 3 heterocycles. The molecule has 1 aromatic heterocycles. The van der Waals surface area contributed by atoms with Crippen LogP contribution in [0.4, 0.5) is 0 Å². The monoisotopic (exact) mass is 601 g/mol. The molecule has 0 N–H and O–H groups in total. The van der Waals surface area contributed by atoms with Crippen molar-refractivity contribution < 1.29 is 18.5 Å². The molecule has 0 atom stereocenters. The lowest BCUT2D eigenvalue weighted by atomic mass is 10.00. The van der Waals surface area contributed by atoms with Crippen LogP contribution in [0.3, 0.4) is 0 Å². The fourth-order valence-electron chi connectivity index (χ4n) is 5.23. The Kier molecular flexibility index (Phi) is 8.79. The third-order valence-electron chi connectivity index (χ3n) is 8.82. The molecule has 2 aliphatic rings. The minimum Gasteiger partial charge on any atom is -0.490 e. The molecular formula is C33H43N5O4Si. The van der Waals surface area contributed by atoms with Gasteiger partial charge in [0.2, 0.25) is 11.7 Å². The van der Waals surface area contributed by atoms with Gasteiger partial charge < -0.3 is 18.6 Å². The number of benzene rings is 2. The van der Waals surface area contributed by atoms with Crippen LogP contribution in [0.1, 0.15) is 51.3 Å². The van der Waals surface area contributed by atoms with Crippen molar-refractivity contribution >= 4 is 14.2 Å². The highest BCUT2D eigenvalue weighted by Gasteiger charge is 2.43. The van der Waals surface area contributed by atoms with Crippen LogP contribution in [0.2, 0.25) is 18.1 Å². The van der Waals surface area contributed by atoms with Gasteiger partial charge in [0.05, 0.1) is 24.3 Å². The normalized spacial score (nSPS) is 16.4. The smallest absolute Gasteiger partial charge is 0.258 e. The summed E-state index contributed by atoms with van der Waals surface area (Å²) in [7, 11) is -1.82. The molecule has 3 aromatic rings. The summed E-state index contributed by atoms with van der Waals surface area (Å²) in [5.74, 6) is 1.57. The Morgan fingerprint density at radius 2 is 1.79 bits per heavy atom. The zero-order chi connectivity index (χ0) is 30.9. The predicted molar refractivity (Wildman–Crippen MR) is 168 cm³/mol. The number of likely N-dealkylation sites (tertiary alicyclic amines) is 1. The van der Waals surface area contributed by atoms with Gasteiger partial charge in [-0.2, -0.15) is 10.2 Å². The minimum atomic E-state index is -1.82. The fourth-order valence-corrected chi connectivity index (χ4v) is 6.57. The SMILES string of the molecule is CC(C)Oc1ccc(-c2nc(-c3ccc4c(c3)CCN(CC(=O)N3CC(O[Si](C)(C)C(C)(C)C)C3)CC4)no2)cc1C#N. The number of carbonyl (C=O) groups excluding carboxylic acids is 1. The Morgan fingerprint density at radius 3 is 2.47 bits per heavy atom. The second-order valence-electron chi connectivity index (χ2n) is 13.5. The van der Waals surface area contributed by atoms with E-state index in [2.05, 4.69) is 67.1 Å². The van der Waals surface area contributed by atoms with Gasteiger partial charge in [-0.1, -0.05) is 38.1 Å². The van der Waals surface area contributed by atoms with Gasteiger partial charge in [0, 0.05) is 37.3 Å². The Bertz CT molecular complexity index is 1510. The molecule has 5 rings (SSSR count). The van der Waals surface area contributed by atoms with Crippen molar-refractivity contribution in [2.24, 2.45) is 0 Å². The lowest BCUT2D eigenvalue weighted by Gasteiger charge is -2.46. The number of nitrogens with zero attached hydrogens (tertiary/aromatic N) is 5. The van der Waals surface area contributed by atoms with E-state index in [1.165, 1.54) is 11.1 Å². The number of hydrogen-bond donors (Lipinski definition) is 0. The van der Waals surface area contributed by atoms with E-state index in [1.54, 1.807) is 12.1 Å². The summed E-state index contributed by atoms with van der Waals surface area (Å²) in [5.41, 5.74) is 4.50. The van der Waals surface area contributed by atoms with Gasteiger partial charge in [-0.25, -0.2) is 0 Å². The van der Waals surface area contributed by atoms with Gasteiger partial charge in [0.15, 0.2) is 8.32 Å². The number of aromatic nitrogens is 2. The highest BCUT2D eigenvalue weighted by molar-refractivity contribution is 6.74. The molecule has 0 unspecified atom stereocenters. The van der Waals surface area contributed by atoms with Crippen molar-refractivity contribution in [2.45, 2.75) is 77.8 Å². The van der Waals surface area contributed by atoms with Crippen molar-refractivity contribution in [1.29, 1.82) is 5.26 Å². The highest BCUT2D eigenvalue weighted by atomic mass is 28.4. The van der Waals surface area contributed by atoms with Gasteiger partial charge in [0.1, 0.15) is 11.8 Å². The van der Waals surface area contributed by atoms with Crippen molar-refractivity contribution in [1.82, 2.24) is 19.9 Å². The molecule has 228 valence electrons. The first-order valence-electron chi connectivity index (χ1n) is 15.2. The second-order valence-corrected chi connectivity index (χ2v) is 18.2. The molecule has 0 saturated carbocycles. The van der Waals surface area contributed by atoms with E-state index in [0.717, 1.165) is 31.5 Å². The summed E-state index contributed by atoms with van der Waals surface area (Å²) in [5, 5.41) is 14.0. The zero-order valence-corrected chi connectivity index (χ0v) is 27.4. The van der Waals surface area contributed by atoms with Gasteiger partial charge in [-0.05, 0) is 80.2 Å². The number of fused-ring (bicyclic) bond motifs is 1. The number of amides is 1. The molecule has 1 saturated heterocycles. The molecule has 43 heavy (non-hydrogen) atoms. The van der Waals surface area contributed by atoms with Gasteiger partial charge in [0.25, 0.3) is 5.89 Å². The van der Waals surface area contributed by atoms with Crippen LogP contribution in [-0.2, 0) is 22.1 Å². The summed E-state index contributed by atoms with van der Waals surface area (Å²) in [6, 6.07) is 13.8. The first-order valence-corrected chi connectivity index (χ1v) is 18.1. The molecule has 0 bridgehead atoms. The largest absolute Gasteiger partial charge is 0.490 e. The number of rotatable bonds is 8. The number of carbonyl (C=O) groups is 1. The van der Waals surface area contributed by atoms with E-state index >= 15 is 0 Å². The third kappa shape index (κ3) is 7.01. The topological polar surface area (TPSA) is 105 Å². The van der Waals surface area contributed by atoms with Crippen molar-refractivity contribution in [2.75, 3.05) is 32.7 Å². The predicted octanol–water partition coefficient (Wildman–Crippen LogP) is 5.70. The summed E-state index contributed by atoms with van der Waals surface area (Å²) >= 11 is 0. The number of nitriles is 1. The highest BCUT2D eigenvalue weighted by Crippen LogP contribution is 2.38. The van der Waals surface area contributed by atoms with E-state index in [4.69, 9.17) is 13.7 Å².